The lowest BCUT2D eigenvalue weighted by molar-refractivity contribution is 0.415. The minimum absolute atomic E-state index is 0.840. The predicted molar refractivity (Wildman–Crippen MR) is 43.1 cm³/mol. The van der Waals surface area contributed by atoms with Gasteiger partial charge in [0.2, 0.25) is 0 Å². The molecule has 1 nitrogen and oxygen atoms in total. The van der Waals surface area contributed by atoms with Crippen molar-refractivity contribution in [2.24, 2.45) is 0 Å². The van der Waals surface area contributed by atoms with Crippen molar-refractivity contribution in [3.8, 4) is 5.75 Å². The molecule has 52 valence electrons. The Hall–Kier alpha value is -1.24. The van der Waals surface area contributed by atoms with Gasteiger partial charge in [-0.25, -0.2) is 0 Å². The van der Waals surface area contributed by atoms with Gasteiger partial charge in [-0.05, 0) is 17.7 Å². The molecule has 10 heavy (non-hydrogen) atoms. The molecule has 0 unspecified atom stereocenters. The van der Waals surface area contributed by atoms with Crippen molar-refractivity contribution in [1.29, 1.82) is 0 Å². The molecule has 0 N–H and O–H groups in total. The van der Waals surface area contributed by atoms with Gasteiger partial charge in [0.1, 0.15) is 5.75 Å². The van der Waals surface area contributed by atoms with Gasteiger partial charge in [0.05, 0.1) is 8.48 Å². The quantitative estimate of drug-likeness (QED) is 0.604. The maximum absolute atomic E-state index is 6.83. The third kappa shape index (κ3) is 1.38. The highest BCUT2D eigenvalue weighted by atomic mass is 16.5. The summed E-state index contributed by atoms with van der Waals surface area (Å²) >= 11 is 0. The van der Waals surface area contributed by atoms with Crippen LogP contribution in [0.4, 0.5) is 0 Å². The van der Waals surface area contributed by atoms with Gasteiger partial charge in [-0.2, -0.15) is 0 Å². The molecule has 0 saturated heterocycles. The minimum atomic E-state index is 0.840. The average Bonchev–Trinajstić information content (AvgIpc) is 2.07. The topological polar surface area (TPSA) is 9.23 Å². The smallest absolute Gasteiger partial charge is 0.118 e. The number of hydrogen-bond acceptors (Lipinski definition) is 1. The van der Waals surface area contributed by atoms with Gasteiger partial charge in [-0.3, -0.25) is 0 Å². The maximum Gasteiger partial charge on any atom is 0.118 e. The van der Waals surface area contributed by atoms with Gasteiger partial charge in [0, 0.05) is 0 Å². The van der Waals surface area contributed by atoms with E-state index in [0.29, 0.717) is 0 Å². The van der Waals surface area contributed by atoms with Crippen molar-refractivity contribution in [2.75, 3.05) is 7.11 Å². The summed E-state index contributed by atoms with van der Waals surface area (Å²) < 4.78 is 11.8. The van der Waals surface area contributed by atoms with E-state index in [9.17, 15) is 0 Å². The van der Waals surface area contributed by atoms with Crippen LogP contribution in [0, 0.1) is 0 Å². The summed E-state index contributed by atoms with van der Waals surface area (Å²) in [6.07, 6.45) is 1.72. The molecular formula is C9H10O. The molecule has 0 aliphatic carbocycles. The number of methoxy groups -OCH3 is 1. The second-order valence-electron chi connectivity index (χ2n) is 1.94. The van der Waals surface area contributed by atoms with E-state index in [4.69, 9.17) is 6.11 Å². The molecule has 1 aromatic carbocycles. The minimum Gasteiger partial charge on any atom is -0.497 e. The van der Waals surface area contributed by atoms with Crippen molar-refractivity contribution >= 4 is 6.08 Å². The van der Waals surface area contributed by atoms with Crippen LogP contribution in [-0.2, 0) is 0 Å². The molecule has 0 saturated carbocycles. The molecule has 0 fully saturated rings. The van der Waals surface area contributed by atoms with Crippen molar-refractivity contribution in [2.45, 2.75) is 0 Å². The van der Waals surface area contributed by atoms with Gasteiger partial charge in [0.25, 0.3) is 0 Å². The summed E-state index contributed by atoms with van der Waals surface area (Å²) in [4.78, 5) is 0. The Morgan fingerprint density at radius 2 is 2.20 bits per heavy atom. The Morgan fingerprint density at radius 3 is 2.70 bits per heavy atom. The second kappa shape index (κ2) is 3.06. The number of hydrogen-bond donors (Lipinski definition) is 0. The second-order valence-corrected chi connectivity index (χ2v) is 1.94. The van der Waals surface area contributed by atoms with Crippen LogP contribution in [0.25, 0.3) is 6.08 Å². The van der Waals surface area contributed by atoms with Crippen molar-refractivity contribution < 1.29 is 6.11 Å². The summed E-state index contributed by atoms with van der Waals surface area (Å²) in [5.74, 6) is 0.840. The largest absolute Gasteiger partial charge is 0.497 e. The van der Waals surface area contributed by atoms with Crippen LogP contribution in [0.1, 0.15) is 6.93 Å². The summed E-state index contributed by atoms with van der Waals surface area (Å²) in [5.41, 5.74) is 1.01. The van der Waals surface area contributed by atoms with E-state index in [1.165, 1.54) is 6.55 Å². The molecule has 0 radical (unpaired) electrons. The van der Waals surface area contributed by atoms with E-state index >= 15 is 0 Å². The van der Waals surface area contributed by atoms with E-state index in [1.807, 2.05) is 24.3 Å². The van der Waals surface area contributed by atoms with Gasteiger partial charge < -0.3 is 4.74 Å². The first-order valence-electron chi connectivity index (χ1n) is 3.63. The molecule has 0 bridgehead atoms. The lowest BCUT2D eigenvalue weighted by Gasteiger charge is -1.97. The normalized spacial score (nSPS) is 11.5. The van der Waals surface area contributed by atoms with Crippen LogP contribution in [0.5, 0.6) is 5.75 Å². The highest BCUT2D eigenvalue weighted by Crippen LogP contribution is 2.11. The Morgan fingerprint density at radius 1 is 1.50 bits per heavy atom. The van der Waals surface area contributed by atoms with Crippen LogP contribution < -0.4 is 4.74 Å². The maximum atomic E-state index is 6.83. The lowest BCUT2D eigenvalue weighted by Crippen LogP contribution is -1.80. The Balaban J connectivity index is 2.82. The zero-order valence-electron chi connectivity index (χ0n) is 6.87. The van der Waals surface area contributed by atoms with E-state index in [2.05, 4.69) is 0 Å². The van der Waals surface area contributed by atoms with Crippen molar-refractivity contribution in [3.63, 3.8) is 0 Å². The third-order valence-corrected chi connectivity index (χ3v) is 1.31. The van der Waals surface area contributed by atoms with E-state index in [0.717, 1.165) is 11.3 Å². The average molecular weight is 135 g/mol. The van der Waals surface area contributed by atoms with Crippen LogP contribution in [0.2, 0.25) is 0 Å². The molecule has 1 rings (SSSR count). The lowest BCUT2D eigenvalue weighted by atomic mass is 10.2. The first-order valence-corrected chi connectivity index (χ1v) is 3.06. The fraction of sp³-hybridized carbons (Fsp3) is 0.111. The molecule has 1 aromatic rings. The molecule has 0 aliphatic heterocycles. The fourth-order valence-corrected chi connectivity index (χ4v) is 0.715. The first kappa shape index (κ1) is 5.54. The van der Waals surface area contributed by atoms with E-state index in [1.54, 1.807) is 13.2 Å². The molecule has 0 atom stereocenters. The van der Waals surface area contributed by atoms with Crippen LogP contribution in [-0.4, -0.2) is 7.11 Å². The van der Waals surface area contributed by atoms with Gasteiger partial charge in [0.15, 0.2) is 0 Å². The van der Waals surface area contributed by atoms with E-state index in [-0.39, 0.29) is 0 Å². The van der Waals surface area contributed by atoms with Gasteiger partial charge in [-0.15, -0.1) is 0 Å². The zero-order chi connectivity index (χ0) is 8.10. The molecular weight excluding hydrogens is 124 g/mol. The zero-order valence-corrected chi connectivity index (χ0v) is 5.87. The Bertz CT molecular complexity index is 238. The van der Waals surface area contributed by atoms with Crippen LogP contribution in [0.3, 0.4) is 0 Å². The van der Waals surface area contributed by atoms with Gasteiger partial charge >= 0.3 is 0 Å². The summed E-state index contributed by atoms with van der Waals surface area (Å²) in [6.45, 7) is 1.27. The SMILES string of the molecule is [2H]C=Cc1ccc(OC)cc1. The highest BCUT2D eigenvalue weighted by molar-refractivity contribution is 5.48. The number of benzene rings is 1. The Kier molecular flexibility index (Phi) is 1.70. The fourth-order valence-electron chi connectivity index (χ4n) is 0.715. The standard InChI is InChI=1S/C9H10O/c1-3-8-4-6-9(10-2)7-5-8/h3-7H,1H2,2H3/i1D. The number of rotatable bonds is 2. The summed E-state index contributed by atoms with van der Waals surface area (Å²) in [5, 5.41) is 0. The first-order chi connectivity index (χ1) is 5.36. The van der Waals surface area contributed by atoms with Crippen molar-refractivity contribution in [1.82, 2.24) is 0 Å². The summed E-state index contributed by atoms with van der Waals surface area (Å²) in [7, 11) is 1.63. The molecule has 0 heterocycles. The van der Waals surface area contributed by atoms with Crippen LogP contribution >= 0.6 is 0 Å². The third-order valence-electron chi connectivity index (χ3n) is 1.31. The van der Waals surface area contributed by atoms with Crippen molar-refractivity contribution in [3.05, 3.63) is 36.4 Å². The molecule has 0 amide bonds. The molecule has 0 aromatic heterocycles. The number of ether oxygens (including phenoxy) is 1. The molecule has 0 aliphatic rings. The summed E-state index contributed by atoms with van der Waals surface area (Å²) in [6, 6.07) is 7.55. The predicted octanol–water partition coefficient (Wildman–Crippen LogP) is 2.34. The monoisotopic (exact) mass is 135 g/mol. The van der Waals surface area contributed by atoms with E-state index < -0.39 is 0 Å². The molecule has 1 heteroatoms. The Labute approximate surface area is 62.4 Å². The van der Waals surface area contributed by atoms with Crippen LogP contribution in [0.15, 0.2) is 30.8 Å². The molecule has 0 spiro atoms. The highest BCUT2D eigenvalue weighted by Gasteiger charge is 1.87. The van der Waals surface area contributed by atoms with Gasteiger partial charge in [-0.1, -0.05) is 24.8 Å².